The van der Waals surface area contributed by atoms with Crippen molar-refractivity contribution in [3.63, 3.8) is 0 Å². The fourth-order valence-corrected chi connectivity index (χ4v) is 2.55. The summed E-state index contributed by atoms with van der Waals surface area (Å²) in [4.78, 5) is 14.3. The van der Waals surface area contributed by atoms with Crippen LogP contribution in [0.4, 0.5) is 10.1 Å². The van der Waals surface area contributed by atoms with Gasteiger partial charge < -0.3 is 10.6 Å². The Kier molecular flexibility index (Phi) is 3.24. The molecule has 4 heteroatoms. The summed E-state index contributed by atoms with van der Waals surface area (Å²) in [6.07, 6.45) is 0.726. The number of amides is 1. The summed E-state index contributed by atoms with van der Waals surface area (Å²) >= 11 is 0. The third-order valence-electron chi connectivity index (χ3n) is 3.63. The van der Waals surface area contributed by atoms with Gasteiger partial charge in [0.1, 0.15) is 5.82 Å². The second-order valence-corrected chi connectivity index (χ2v) is 4.92. The number of fused-ring (bicyclic) bond motifs is 1. The van der Waals surface area contributed by atoms with E-state index in [1.54, 1.807) is 4.90 Å². The Balaban J connectivity index is 1.97. The van der Waals surface area contributed by atoms with Crippen molar-refractivity contribution in [1.82, 2.24) is 0 Å². The number of rotatable bonds is 1. The third kappa shape index (κ3) is 2.18. The maximum absolute atomic E-state index is 12.9. The number of para-hydroxylation sites is 1. The first kappa shape index (κ1) is 12.8. The molecule has 0 fully saturated rings. The van der Waals surface area contributed by atoms with Crippen LogP contribution in [-0.2, 0) is 0 Å². The molecule has 0 bridgehead atoms. The number of carbonyl (C=O) groups is 1. The van der Waals surface area contributed by atoms with Crippen LogP contribution < -0.4 is 10.6 Å². The van der Waals surface area contributed by atoms with Gasteiger partial charge in [0.05, 0.1) is 0 Å². The minimum Gasteiger partial charge on any atom is -0.324 e. The lowest BCUT2D eigenvalue weighted by atomic mass is 9.96. The summed E-state index contributed by atoms with van der Waals surface area (Å²) in [6.45, 7) is 0.578. The predicted octanol–water partition coefficient (Wildman–Crippen LogP) is 2.88. The Hall–Kier alpha value is -2.20. The molecule has 0 saturated heterocycles. The lowest BCUT2D eigenvalue weighted by molar-refractivity contribution is 0.0984. The molecule has 20 heavy (non-hydrogen) atoms. The molecule has 2 N–H and O–H groups in total. The predicted molar refractivity (Wildman–Crippen MR) is 76.1 cm³/mol. The molecule has 1 atom stereocenters. The second-order valence-electron chi connectivity index (χ2n) is 4.92. The molecule has 0 radical (unpaired) electrons. The Bertz CT molecular complexity index is 639. The van der Waals surface area contributed by atoms with Gasteiger partial charge in [-0.25, -0.2) is 4.39 Å². The molecule has 1 aliphatic heterocycles. The molecular weight excluding hydrogens is 255 g/mol. The highest BCUT2D eigenvalue weighted by Gasteiger charge is 2.26. The van der Waals surface area contributed by atoms with Crippen LogP contribution in [0.15, 0.2) is 48.5 Å². The highest BCUT2D eigenvalue weighted by molar-refractivity contribution is 6.06. The lowest BCUT2D eigenvalue weighted by Gasteiger charge is -2.32. The topological polar surface area (TPSA) is 46.3 Å². The van der Waals surface area contributed by atoms with E-state index in [2.05, 4.69) is 0 Å². The number of benzene rings is 2. The standard InChI is InChI=1S/C16H15FN2O/c17-12-7-5-11(6-8-12)16(20)19-10-9-14(18)13-3-1-2-4-15(13)19/h1-8,14H,9-10,18H2. The van der Waals surface area contributed by atoms with Crippen molar-refractivity contribution in [3.8, 4) is 0 Å². The molecule has 2 aromatic carbocycles. The third-order valence-corrected chi connectivity index (χ3v) is 3.63. The number of carbonyl (C=O) groups excluding carboxylic acids is 1. The van der Waals surface area contributed by atoms with Gasteiger partial charge >= 0.3 is 0 Å². The molecule has 3 nitrogen and oxygen atoms in total. The first-order chi connectivity index (χ1) is 9.66. The van der Waals surface area contributed by atoms with E-state index in [9.17, 15) is 9.18 Å². The van der Waals surface area contributed by atoms with Crippen molar-refractivity contribution >= 4 is 11.6 Å². The summed E-state index contributed by atoms with van der Waals surface area (Å²) < 4.78 is 12.9. The number of hydrogen-bond donors (Lipinski definition) is 1. The van der Waals surface area contributed by atoms with Crippen molar-refractivity contribution in [2.75, 3.05) is 11.4 Å². The lowest BCUT2D eigenvalue weighted by Crippen LogP contribution is -2.38. The molecule has 1 aliphatic rings. The van der Waals surface area contributed by atoms with Gasteiger partial charge in [-0.3, -0.25) is 4.79 Å². The summed E-state index contributed by atoms with van der Waals surface area (Å²) in [5.74, 6) is -0.466. The van der Waals surface area contributed by atoms with Gasteiger partial charge in [0.15, 0.2) is 0 Å². The first-order valence-corrected chi connectivity index (χ1v) is 6.59. The van der Waals surface area contributed by atoms with E-state index in [1.165, 1.54) is 24.3 Å². The molecule has 0 aromatic heterocycles. The van der Waals surface area contributed by atoms with Crippen LogP contribution in [0.25, 0.3) is 0 Å². The van der Waals surface area contributed by atoms with Gasteiger partial charge in [0.25, 0.3) is 5.91 Å². The Morgan fingerprint density at radius 2 is 1.85 bits per heavy atom. The maximum atomic E-state index is 12.9. The van der Waals surface area contributed by atoms with Crippen molar-refractivity contribution < 1.29 is 9.18 Å². The monoisotopic (exact) mass is 270 g/mol. The van der Waals surface area contributed by atoms with Crippen LogP contribution >= 0.6 is 0 Å². The summed E-state index contributed by atoms with van der Waals surface area (Å²) in [5, 5.41) is 0. The summed E-state index contributed by atoms with van der Waals surface area (Å²) in [5.41, 5.74) is 8.39. The zero-order valence-electron chi connectivity index (χ0n) is 10.9. The minimum atomic E-state index is -0.345. The summed E-state index contributed by atoms with van der Waals surface area (Å²) in [6, 6.07) is 13.2. The number of hydrogen-bond acceptors (Lipinski definition) is 2. The Labute approximate surface area is 116 Å². The van der Waals surface area contributed by atoms with E-state index in [0.29, 0.717) is 12.1 Å². The minimum absolute atomic E-state index is 0.0385. The fraction of sp³-hybridized carbons (Fsp3) is 0.188. The van der Waals surface area contributed by atoms with E-state index in [4.69, 9.17) is 5.73 Å². The van der Waals surface area contributed by atoms with Gasteiger partial charge in [-0.05, 0) is 42.3 Å². The van der Waals surface area contributed by atoms with Crippen LogP contribution in [0.1, 0.15) is 28.4 Å². The molecule has 102 valence electrons. The van der Waals surface area contributed by atoms with E-state index >= 15 is 0 Å². The van der Waals surface area contributed by atoms with Crippen LogP contribution in [0.3, 0.4) is 0 Å². The van der Waals surface area contributed by atoms with Crippen molar-refractivity contribution in [3.05, 3.63) is 65.5 Å². The average molecular weight is 270 g/mol. The molecule has 0 spiro atoms. The van der Waals surface area contributed by atoms with Crippen LogP contribution in [-0.4, -0.2) is 12.5 Å². The second kappa shape index (κ2) is 5.06. The Morgan fingerprint density at radius 3 is 2.60 bits per heavy atom. The zero-order valence-corrected chi connectivity index (χ0v) is 10.9. The molecule has 2 aromatic rings. The molecule has 0 saturated carbocycles. The normalized spacial score (nSPS) is 17.7. The summed E-state index contributed by atoms with van der Waals surface area (Å²) in [7, 11) is 0. The van der Waals surface area contributed by atoms with Gasteiger partial charge in [-0.1, -0.05) is 18.2 Å². The van der Waals surface area contributed by atoms with E-state index < -0.39 is 0 Å². The van der Waals surface area contributed by atoms with E-state index in [0.717, 1.165) is 17.7 Å². The van der Waals surface area contributed by atoms with Gasteiger partial charge in [-0.2, -0.15) is 0 Å². The van der Waals surface area contributed by atoms with Crippen LogP contribution in [0.2, 0.25) is 0 Å². The van der Waals surface area contributed by atoms with E-state index in [-0.39, 0.29) is 17.8 Å². The molecule has 1 unspecified atom stereocenters. The molecule has 1 amide bonds. The highest BCUT2D eigenvalue weighted by Crippen LogP contribution is 2.32. The van der Waals surface area contributed by atoms with Crippen molar-refractivity contribution in [1.29, 1.82) is 0 Å². The molecular formula is C16H15FN2O. The van der Waals surface area contributed by atoms with Gasteiger partial charge in [0, 0.05) is 23.8 Å². The van der Waals surface area contributed by atoms with Gasteiger partial charge in [0.2, 0.25) is 0 Å². The number of nitrogens with two attached hydrogens (primary N) is 1. The largest absolute Gasteiger partial charge is 0.324 e. The molecule has 1 heterocycles. The number of anilines is 1. The van der Waals surface area contributed by atoms with E-state index in [1.807, 2.05) is 24.3 Å². The SMILES string of the molecule is NC1CCN(C(=O)c2ccc(F)cc2)c2ccccc21. The quantitative estimate of drug-likeness (QED) is 0.866. The Morgan fingerprint density at radius 1 is 1.15 bits per heavy atom. The van der Waals surface area contributed by atoms with Crippen molar-refractivity contribution in [2.24, 2.45) is 5.73 Å². The van der Waals surface area contributed by atoms with Crippen LogP contribution in [0.5, 0.6) is 0 Å². The first-order valence-electron chi connectivity index (χ1n) is 6.59. The molecule has 3 rings (SSSR count). The smallest absolute Gasteiger partial charge is 0.258 e. The average Bonchev–Trinajstić information content (AvgIpc) is 2.48. The number of nitrogens with zero attached hydrogens (tertiary/aromatic N) is 1. The molecule has 0 aliphatic carbocycles. The van der Waals surface area contributed by atoms with Crippen molar-refractivity contribution in [2.45, 2.75) is 12.5 Å². The van der Waals surface area contributed by atoms with Gasteiger partial charge in [-0.15, -0.1) is 0 Å². The number of halogens is 1. The highest BCUT2D eigenvalue weighted by atomic mass is 19.1. The maximum Gasteiger partial charge on any atom is 0.258 e. The van der Waals surface area contributed by atoms with Crippen LogP contribution in [0, 0.1) is 5.82 Å². The fourth-order valence-electron chi connectivity index (χ4n) is 2.55. The zero-order chi connectivity index (χ0) is 14.1.